The molecule has 1 aliphatic heterocycles. The van der Waals surface area contributed by atoms with Gasteiger partial charge in [-0.3, -0.25) is 23.7 Å². The van der Waals surface area contributed by atoms with Gasteiger partial charge in [0.25, 0.3) is 5.56 Å². The number of hydrogen-bond donors (Lipinski definition) is 3. The van der Waals surface area contributed by atoms with E-state index < -0.39 is 55.5 Å². The van der Waals surface area contributed by atoms with Crippen LogP contribution in [0.25, 0.3) is 6.08 Å². The zero-order valence-electron chi connectivity index (χ0n) is 20.8. The second-order valence-corrected chi connectivity index (χ2v) is 11.4. The second-order valence-electron chi connectivity index (χ2n) is 8.77. The molecule has 1 aromatic heterocycles. The van der Waals surface area contributed by atoms with E-state index in [4.69, 9.17) is 30.1 Å². The van der Waals surface area contributed by atoms with Crippen molar-refractivity contribution in [1.29, 1.82) is 0 Å². The van der Waals surface area contributed by atoms with E-state index in [1.54, 1.807) is 6.92 Å². The topological polar surface area (TPSA) is 158 Å². The summed E-state index contributed by atoms with van der Waals surface area (Å²) in [7, 11) is -4.27. The number of carbonyl (C=O) groups excluding carboxylic acids is 1. The smallest absolute Gasteiger partial charge is 0.459 e. The van der Waals surface area contributed by atoms with Crippen molar-refractivity contribution in [1.82, 2.24) is 14.6 Å². The van der Waals surface area contributed by atoms with Crippen LogP contribution in [0.2, 0.25) is 5.02 Å². The van der Waals surface area contributed by atoms with Crippen LogP contribution in [-0.4, -0.2) is 51.6 Å². The summed E-state index contributed by atoms with van der Waals surface area (Å²) >= 11 is 9.00. The number of rotatable bonds is 11. The van der Waals surface area contributed by atoms with E-state index in [0.29, 0.717) is 5.02 Å². The Balaban J connectivity index is 1.80. The Morgan fingerprint density at radius 1 is 1.37 bits per heavy atom. The second kappa shape index (κ2) is 12.7. The zero-order valence-corrected chi connectivity index (χ0v) is 24.0. The summed E-state index contributed by atoms with van der Waals surface area (Å²) in [5.74, 6) is -0.547. The molecule has 0 bridgehead atoms. The lowest BCUT2D eigenvalue weighted by Gasteiger charge is -2.29. The predicted molar refractivity (Wildman–Crippen MR) is 143 cm³/mol. The van der Waals surface area contributed by atoms with Crippen molar-refractivity contribution in [2.75, 3.05) is 13.2 Å². The Bertz CT molecular complexity index is 1330. The fraction of sp³-hybridized carbons (Fsp3) is 0.435. The molecule has 2 heterocycles. The largest absolute Gasteiger partial charge is 0.465 e. The summed E-state index contributed by atoms with van der Waals surface area (Å²) in [5.41, 5.74) is -2.60. The molecule has 3 rings (SSSR count). The molecular weight excluding hydrogens is 609 g/mol. The number of benzene rings is 1. The van der Waals surface area contributed by atoms with E-state index in [-0.39, 0.29) is 24.3 Å². The van der Waals surface area contributed by atoms with Crippen molar-refractivity contribution < 1.29 is 33.0 Å². The normalized spacial score (nSPS) is 21.4. The van der Waals surface area contributed by atoms with Crippen LogP contribution in [0, 0.1) is 0 Å². The van der Waals surface area contributed by atoms with Gasteiger partial charge in [-0.1, -0.05) is 27.5 Å². The van der Waals surface area contributed by atoms with Crippen LogP contribution in [0.15, 0.2) is 45.0 Å². The summed E-state index contributed by atoms with van der Waals surface area (Å²) < 4.78 is 37.0. The number of aromatic nitrogens is 2. The van der Waals surface area contributed by atoms with Gasteiger partial charge in [0.15, 0.2) is 0 Å². The molecule has 0 amide bonds. The molecule has 4 atom stereocenters. The van der Waals surface area contributed by atoms with Crippen LogP contribution in [0.4, 0.5) is 0 Å². The molecule has 208 valence electrons. The first-order chi connectivity index (χ1) is 17.9. The van der Waals surface area contributed by atoms with Gasteiger partial charge in [-0.05, 0) is 56.1 Å². The molecule has 1 aliphatic rings. The summed E-state index contributed by atoms with van der Waals surface area (Å²) in [6.07, 6.45) is -0.341. The lowest BCUT2D eigenvalue weighted by Crippen LogP contribution is -2.47. The highest BCUT2D eigenvalue weighted by molar-refractivity contribution is 9.11. The average Bonchev–Trinajstić information content (AvgIpc) is 3.21. The quantitative estimate of drug-likeness (QED) is 0.247. The Morgan fingerprint density at radius 2 is 2.05 bits per heavy atom. The predicted octanol–water partition coefficient (Wildman–Crippen LogP) is 3.34. The molecule has 12 nitrogen and oxygen atoms in total. The van der Waals surface area contributed by atoms with E-state index in [2.05, 4.69) is 26.0 Å². The van der Waals surface area contributed by atoms with Gasteiger partial charge in [-0.2, -0.15) is 5.09 Å². The summed E-state index contributed by atoms with van der Waals surface area (Å²) in [6, 6.07) is 5.98. The summed E-state index contributed by atoms with van der Waals surface area (Å²) in [5, 5.41) is 13.6. The van der Waals surface area contributed by atoms with Crippen LogP contribution in [0.3, 0.4) is 0 Å². The number of nitrogens with one attached hydrogen (secondary N) is 2. The first kappa shape index (κ1) is 30.3. The molecule has 0 aliphatic carbocycles. The third kappa shape index (κ3) is 7.66. The van der Waals surface area contributed by atoms with Gasteiger partial charge >= 0.3 is 19.4 Å². The first-order valence-corrected chi connectivity index (χ1v) is 14.3. The van der Waals surface area contributed by atoms with Crippen molar-refractivity contribution in [3.05, 3.63) is 66.9 Å². The van der Waals surface area contributed by atoms with E-state index in [1.807, 2.05) is 0 Å². The van der Waals surface area contributed by atoms with Gasteiger partial charge in [0.1, 0.15) is 23.6 Å². The molecule has 0 radical (unpaired) electrons. The third-order valence-corrected chi connectivity index (χ3v) is 7.69. The molecule has 1 fully saturated rings. The minimum absolute atomic E-state index is 0.0124. The Hall–Kier alpha value is -2.25. The zero-order chi connectivity index (χ0) is 28.1. The van der Waals surface area contributed by atoms with E-state index in [9.17, 15) is 24.1 Å². The van der Waals surface area contributed by atoms with Gasteiger partial charge < -0.3 is 19.1 Å². The number of aromatic amines is 1. The summed E-state index contributed by atoms with van der Waals surface area (Å²) in [6.45, 7) is 4.21. The number of ether oxygens (including phenoxy) is 2. The Labute approximate surface area is 231 Å². The van der Waals surface area contributed by atoms with Gasteiger partial charge in [0, 0.05) is 17.6 Å². The SMILES string of the molecule is CCOC(=O)C(C)(C)NP(=O)(OC[C@H]1O[C@@H](n2cc(/C=C/Br)c(=O)[nH]c2=O)C[C@H]1O)Oc1ccc(Cl)cc1. The number of halogens is 2. The number of esters is 1. The van der Waals surface area contributed by atoms with Crippen LogP contribution in [0.5, 0.6) is 5.75 Å². The van der Waals surface area contributed by atoms with Crippen molar-refractivity contribution >= 4 is 47.3 Å². The fourth-order valence-electron chi connectivity index (χ4n) is 3.52. The molecule has 15 heteroatoms. The van der Waals surface area contributed by atoms with Gasteiger partial charge in [-0.15, -0.1) is 0 Å². The molecule has 38 heavy (non-hydrogen) atoms. The standard InChI is InChI=1S/C23H28BrClN3O9P/c1-4-34-21(31)23(2,3)27-38(33,37-16-7-5-15(25)6-8-16)35-13-18-17(29)11-19(36-18)28-12-14(9-10-24)20(30)26-22(28)32/h5-10,12,17-19,29H,4,11,13H2,1-3H3,(H,27,33)(H,26,30,32)/b10-9+/t17-,18-,19-,38?/m1/s1. The van der Waals surface area contributed by atoms with Crippen molar-refractivity contribution in [2.24, 2.45) is 0 Å². The van der Waals surface area contributed by atoms with Crippen molar-refractivity contribution in [3.63, 3.8) is 0 Å². The minimum Gasteiger partial charge on any atom is -0.465 e. The molecule has 1 aromatic carbocycles. The van der Waals surface area contributed by atoms with E-state index >= 15 is 0 Å². The number of aliphatic hydroxyl groups excluding tert-OH is 1. The molecule has 1 unspecified atom stereocenters. The molecule has 0 spiro atoms. The van der Waals surface area contributed by atoms with Crippen molar-refractivity contribution in [3.8, 4) is 5.75 Å². The van der Waals surface area contributed by atoms with Gasteiger partial charge in [-0.25, -0.2) is 9.36 Å². The van der Waals surface area contributed by atoms with Crippen LogP contribution in [-0.2, 0) is 23.4 Å². The lowest BCUT2D eigenvalue weighted by atomic mass is 10.1. The number of aliphatic hydroxyl groups is 1. The number of carbonyl (C=O) groups is 1. The monoisotopic (exact) mass is 635 g/mol. The van der Waals surface area contributed by atoms with Gasteiger partial charge in [0.2, 0.25) is 0 Å². The number of hydrogen-bond acceptors (Lipinski definition) is 9. The Morgan fingerprint density at radius 3 is 2.68 bits per heavy atom. The molecule has 1 saturated heterocycles. The molecule has 0 saturated carbocycles. The van der Waals surface area contributed by atoms with Crippen LogP contribution < -0.4 is 20.9 Å². The third-order valence-electron chi connectivity index (χ3n) is 5.40. The molecule has 3 N–H and O–H groups in total. The van der Waals surface area contributed by atoms with E-state index in [1.165, 1.54) is 55.4 Å². The maximum Gasteiger partial charge on any atom is 0.459 e. The fourth-order valence-corrected chi connectivity index (χ4v) is 5.62. The van der Waals surface area contributed by atoms with Crippen LogP contribution in [0.1, 0.15) is 39.0 Å². The average molecular weight is 637 g/mol. The maximum absolute atomic E-state index is 13.8. The van der Waals surface area contributed by atoms with Crippen LogP contribution >= 0.6 is 35.3 Å². The molecule has 2 aromatic rings. The highest BCUT2D eigenvalue weighted by Crippen LogP contribution is 2.47. The summed E-state index contributed by atoms with van der Waals surface area (Å²) in [4.78, 5) is 40.4. The highest BCUT2D eigenvalue weighted by Gasteiger charge is 2.43. The lowest BCUT2D eigenvalue weighted by molar-refractivity contribution is -0.149. The van der Waals surface area contributed by atoms with E-state index in [0.717, 1.165) is 4.57 Å². The maximum atomic E-state index is 13.8. The molecular formula is C23H28BrClN3O9P. The highest BCUT2D eigenvalue weighted by atomic mass is 79.9. The number of H-pyrrole nitrogens is 1. The van der Waals surface area contributed by atoms with Gasteiger partial charge in [0.05, 0.1) is 24.9 Å². The van der Waals surface area contributed by atoms with Crippen molar-refractivity contribution in [2.45, 2.75) is 51.2 Å². The Kier molecular flexibility index (Phi) is 10.2. The number of nitrogens with zero attached hydrogens (tertiary/aromatic N) is 1. The first-order valence-electron chi connectivity index (χ1n) is 11.5. The minimum atomic E-state index is -4.27.